The predicted octanol–water partition coefficient (Wildman–Crippen LogP) is 3.20. The van der Waals surface area contributed by atoms with Gasteiger partial charge in [-0.2, -0.15) is 0 Å². The van der Waals surface area contributed by atoms with Gasteiger partial charge in [0.05, 0.1) is 6.54 Å². The van der Waals surface area contributed by atoms with E-state index in [4.69, 9.17) is 4.99 Å². The Labute approximate surface area is 173 Å². The summed E-state index contributed by atoms with van der Waals surface area (Å²) in [4.78, 5) is 18.5. The zero-order valence-electron chi connectivity index (χ0n) is 15.4. The van der Waals surface area contributed by atoms with Crippen LogP contribution in [0.3, 0.4) is 0 Å². The summed E-state index contributed by atoms with van der Waals surface area (Å²) in [6.07, 6.45) is 8.22. The van der Waals surface area contributed by atoms with Crippen molar-refractivity contribution in [3.05, 3.63) is 47.5 Å². The highest BCUT2D eigenvalue weighted by Gasteiger charge is 2.19. The molecule has 1 saturated heterocycles. The fraction of sp³-hybridized carbons (Fsp3) is 0.500. The van der Waals surface area contributed by atoms with E-state index in [2.05, 4.69) is 54.0 Å². The number of nitrogens with one attached hydrogen (secondary N) is 2. The number of benzene rings is 1. The highest BCUT2D eigenvalue weighted by atomic mass is 127. The van der Waals surface area contributed by atoms with Crippen molar-refractivity contribution in [2.24, 2.45) is 4.99 Å². The molecule has 6 heteroatoms. The Hall–Kier alpha value is -1.57. The zero-order chi connectivity index (χ0) is 17.5. The third kappa shape index (κ3) is 6.00. The number of rotatable bonds is 6. The highest BCUT2D eigenvalue weighted by Crippen LogP contribution is 2.15. The van der Waals surface area contributed by atoms with Crippen LogP contribution < -0.4 is 10.6 Å². The lowest BCUT2D eigenvalue weighted by molar-refractivity contribution is -0.128. The summed E-state index contributed by atoms with van der Waals surface area (Å²) in [5, 5.41) is 6.81. The second kappa shape index (κ2) is 10.5. The monoisotopic (exact) mass is 468 g/mol. The quantitative estimate of drug-likeness (QED) is 0.292. The molecule has 26 heavy (non-hydrogen) atoms. The lowest BCUT2D eigenvalue weighted by atomic mass is 10.1. The maximum Gasteiger partial charge on any atom is 0.222 e. The number of carbonyl (C=O) groups is 1. The van der Waals surface area contributed by atoms with E-state index in [1.54, 1.807) is 0 Å². The minimum atomic E-state index is 0. The van der Waals surface area contributed by atoms with Crippen molar-refractivity contribution in [1.82, 2.24) is 15.5 Å². The molecule has 1 heterocycles. The predicted molar refractivity (Wildman–Crippen MR) is 117 cm³/mol. The van der Waals surface area contributed by atoms with Crippen molar-refractivity contribution < 1.29 is 4.79 Å². The number of carbonyl (C=O) groups excluding carboxylic acids is 1. The molecule has 3 rings (SSSR count). The normalized spacial score (nSPS) is 17.5. The smallest absolute Gasteiger partial charge is 0.222 e. The zero-order valence-corrected chi connectivity index (χ0v) is 17.7. The summed E-state index contributed by atoms with van der Waals surface area (Å²) in [6.45, 7) is 5.16. The van der Waals surface area contributed by atoms with Crippen LogP contribution in [-0.2, 0) is 17.9 Å². The Balaban J connectivity index is 0.00000243. The SMILES string of the molecule is CCNC(=NCc1cccc(CN2CCCC2=O)c1)NC1CC=CC1.I. The summed E-state index contributed by atoms with van der Waals surface area (Å²) in [6, 6.07) is 8.86. The number of halogens is 1. The lowest BCUT2D eigenvalue weighted by Crippen LogP contribution is -2.42. The van der Waals surface area contributed by atoms with Crippen LogP contribution in [0.4, 0.5) is 0 Å². The molecule has 1 aromatic rings. The van der Waals surface area contributed by atoms with Crippen LogP contribution in [0.15, 0.2) is 41.4 Å². The molecule has 1 amide bonds. The summed E-state index contributed by atoms with van der Waals surface area (Å²) in [5.74, 6) is 1.14. The lowest BCUT2D eigenvalue weighted by Gasteiger charge is -2.17. The van der Waals surface area contributed by atoms with Crippen LogP contribution in [0, 0.1) is 0 Å². The Morgan fingerprint density at radius 2 is 2.04 bits per heavy atom. The fourth-order valence-corrected chi connectivity index (χ4v) is 3.34. The van der Waals surface area contributed by atoms with Gasteiger partial charge in [-0.1, -0.05) is 36.4 Å². The second-order valence-corrected chi connectivity index (χ2v) is 6.72. The molecule has 5 nitrogen and oxygen atoms in total. The number of guanidine groups is 1. The minimum absolute atomic E-state index is 0. The van der Waals surface area contributed by atoms with E-state index in [1.165, 1.54) is 11.1 Å². The molecule has 2 N–H and O–H groups in total. The Bertz CT molecular complexity index is 651. The van der Waals surface area contributed by atoms with Crippen molar-refractivity contribution >= 4 is 35.8 Å². The molecule has 0 radical (unpaired) electrons. The third-order valence-corrected chi connectivity index (χ3v) is 4.65. The van der Waals surface area contributed by atoms with E-state index in [9.17, 15) is 4.79 Å². The molecule has 0 bridgehead atoms. The maximum absolute atomic E-state index is 11.8. The number of hydrogen-bond acceptors (Lipinski definition) is 2. The van der Waals surface area contributed by atoms with Gasteiger partial charge in [-0.25, -0.2) is 4.99 Å². The molecule has 0 saturated carbocycles. The molecular formula is C20H29IN4O. The number of aliphatic imine (C=N–C) groups is 1. The van der Waals surface area contributed by atoms with E-state index < -0.39 is 0 Å². The summed E-state index contributed by atoms with van der Waals surface area (Å²) in [5.41, 5.74) is 2.35. The van der Waals surface area contributed by atoms with Gasteiger partial charge in [-0.05, 0) is 37.3 Å². The standard InChI is InChI=1S/C20H28N4O.HI/c1-2-21-20(23-18-9-3-4-10-18)22-14-16-7-5-8-17(13-16)15-24-12-6-11-19(24)25;/h3-5,7-8,13,18H,2,6,9-12,14-15H2,1H3,(H2,21,22,23);1H. The van der Waals surface area contributed by atoms with Gasteiger partial charge in [0, 0.05) is 32.1 Å². The molecule has 0 unspecified atom stereocenters. The summed E-state index contributed by atoms with van der Waals surface area (Å²) in [7, 11) is 0. The Morgan fingerprint density at radius 1 is 1.27 bits per heavy atom. The molecule has 1 fully saturated rings. The Kier molecular flexibility index (Phi) is 8.41. The van der Waals surface area contributed by atoms with Gasteiger partial charge in [0.1, 0.15) is 0 Å². The summed E-state index contributed by atoms with van der Waals surface area (Å²) >= 11 is 0. The van der Waals surface area contributed by atoms with E-state index in [-0.39, 0.29) is 29.9 Å². The topological polar surface area (TPSA) is 56.7 Å². The molecular weight excluding hydrogens is 439 g/mol. The van der Waals surface area contributed by atoms with Gasteiger partial charge in [0.25, 0.3) is 0 Å². The first-order valence-corrected chi connectivity index (χ1v) is 9.30. The van der Waals surface area contributed by atoms with Crippen molar-refractivity contribution in [1.29, 1.82) is 0 Å². The van der Waals surface area contributed by atoms with Crippen molar-refractivity contribution in [2.75, 3.05) is 13.1 Å². The van der Waals surface area contributed by atoms with Gasteiger partial charge < -0.3 is 15.5 Å². The number of nitrogens with zero attached hydrogens (tertiary/aromatic N) is 2. The maximum atomic E-state index is 11.8. The second-order valence-electron chi connectivity index (χ2n) is 6.72. The molecule has 142 valence electrons. The van der Waals surface area contributed by atoms with Crippen LogP contribution in [0.2, 0.25) is 0 Å². The van der Waals surface area contributed by atoms with E-state index in [0.29, 0.717) is 25.6 Å². The van der Waals surface area contributed by atoms with E-state index in [1.807, 2.05) is 4.90 Å². The molecule has 0 aromatic heterocycles. The third-order valence-electron chi connectivity index (χ3n) is 4.65. The molecule has 0 atom stereocenters. The highest BCUT2D eigenvalue weighted by molar-refractivity contribution is 14.0. The molecule has 0 spiro atoms. The average molecular weight is 468 g/mol. The van der Waals surface area contributed by atoms with Crippen LogP contribution in [0.5, 0.6) is 0 Å². The van der Waals surface area contributed by atoms with Gasteiger partial charge in [0.15, 0.2) is 5.96 Å². The van der Waals surface area contributed by atoms with Gasteiger partial charge in [-0.3, -0.25) is 4.79 Å². The molecule has 1 aromatic carbocycles. The van der Waals surface area contributed by atoms with Crippen molar-refractivity contribution in [3.8, 4) is 0 Å². The van der Waals surface area contributed by atoms with Gasteiger partial charge in [0.2, 0.25) is 5.91 Å². The van der Waals surface area contributed by atoms with Crippen LogP contribution >= 0.6 is 24.0 Å². The van der Waals surface area contributed by atoms with Crippen LogP contribution in [0.25, 0.3) is 0 Å². The van der Waals surface area contributed by atoms with E-state index in [0.717, 1.165) is 38.3 Å². The fourth-order valence-electron chi connectivity index (χ4n) is 3.34. The first-order valence-electron chi connectivity index (χ1n) is 9.30. The summed E-state index contributed by atoms with van der Waals surface area (Å²) < 4.78 is 0. The first-order chi connectivity index (χ1) is 12.2. The van der Waals surface area contributed by atoms with Crippen molar-refractivity contribution in [3.63, 3.8) is 0 Å². The van der Waals surface area contributed by atoms with Crippen LogP contribution in [-0.4, -0.2) is 35.9 Å². The van der Waals surface area contributed by atoms with Crippen molar-refractivity contribution in [2.45, 2.75) is 51.7 Å². The number of hydrogen-bond donors (Lipinski definition) is 2. The number of likely N-dealkylation sites (tertiary alicyclic amines) is 1. The largest absolute Gasteiger partial charge is 0.357 e. The van der Waals surface area contributed by atoms with E-state index >= 15 is 0 Å². The minimum Gasteiger partial charge on any atom is -0.357 e. The molecule has 1 aliphatic heterocycles. The van der Waals surface area contributed by atoms with Gasteiger partial charge in [-0.15, -0.1) is 24.0 Å². The van der Waals surface area contributed by atoms with Crippen LogP contribution in [0.1, 0.15) is 43.7 Å². The number of amides is 1. The molecule has 1 aliphatic carbocycles. The average Bonchev–Trinajstić information content (AvgIpc) is 3.26. The van der Waals surface area contributed by atoms with Gasteiger partial charge >= 0.3 is 0 Å². The first kappa shape index (κ1) is 20.7. The Morgan fingerprint density at radius 3 is 2.73 bits per heavy atom. The molecule has 2 aliphatic rings.